The summed E-state index contributed by atoms with van der Waals surface area (Å²) in [4.78, 5) is 6.08. The summed E-state index contributed by atoms with van der Waals surface area (Å²) in [5, 5.41) is 7.56. The Kier molecular flexibility index (Phi) is 6.37. The van der Waals surface area contributed by atoms with Crippen LogP contribution in [0.15, 0.2) is 40.9 Å². The Morgan fingerprint density at radius 3 is 2.54 bits per heavy atom. The molecule has 186 valence electrons. The molecule has 1 aliphatic heterocycles. The summed E-state index contributed by atoms with van der Waals surface area (Å²) >= 11 is 0. The minimum Gasteiger partial charge on any atom is -0.493 e. The maximum atomic E-state index is 14.4. The number of ether oxygens (including phenoxy) is 1. The molecule has 3 heterocycles. The number of hydrogen-bond donors (Lipinski definition) is 0. The van der Waals surface area contributed by atoms with Crippen molar-refractivity contribution in [1.29, 1.82) is 0 Å². The van der Waals surface area contributed by atoms with Crippen LogP contribution in [0.4, 0.5) is 23.4 Å². The largest absolute Gasteiger partial charge is 0.493 e. The molecule has 0 radical (unpaired) electrons. The van der Waals surface area contributed by atoms with Crippen molar-refractivity contribution in [2.75, 3.05) is 24.6 Å². The molecule has 5 rings (SSSR count). The molecule has 1 saturated heterocycles. The number of aromatic nitrogens is 3. The zero-order valence-corrected chi connectivity index (χ0v) is 19.3. The van der Waals surface area contributed by atoms with E-state index in [9.17, 15) is 17.6 Å². The summed E-state index contributed by atoms with van der Waals surface area (Å²) in [5.74, 6) is 2.99. The van der Waals surface area contributed by atoms with Gasteiger partial charge < -0.3 is 14.1 Å². The van der Waals surface area contributed by atoms with Crippen LogP contribution in [0.3, 0.4) is 0 Å². The van der Waals surface area contributed by atoms with Crippen molar-refractivity contribution in [1.82, 2.24) is 15.2 Å². The number of aryl methyl sites for hydroxylation is 1. The van der Waals surface area contributed by atoms with E-state index in [-0.39, 0.29) is 11.5 Å². The zero-order chi connectivity index (χ0) is 24.6. The molecule has 6 nitrogen and oxygen atoms in total. The molecule has 35 heavy (non-hydrogen) atoms. The highest BCUT2D eigenvalue weighted by Gasteiger charge is 2.43. The van der Waals surface area contributed by atoms with Gasteiger partial charge in [0.15, 0.2) is 0 Å². The molecular formula is C25H26F4N4O2. The smallest absolute Gasteiger partial charge is 0.417 e. The van der Waals surface area contributed by atoms with Crippen molar-refractivity contribution >= 4 is 5.82 Å². The van der Waals surface area contributed by atoms with E-state index < -0.39 is 17.6 Å². The van der Waals surface area contributed by atoms with Crippen molar-refractivity contribution in [2.45, 2.75) is 38.8 Å². The first-order chi connectivity index (χ1) is 16.8. The van der Waals surface area contributed by atoms with Crippen LogP contribution >= 0.6 is 0 Å². The third-order valence-electron chi connectivity index (χ3n) is 6.98. The van der Waals surface area contributed by atoms with E-state index in [4.69, 9.17) is 9.15 Å². The third kappa shape index (κ3) is 5.41. The van der Waals surface area contributed by atoms with E-state index >= 15 is 0 Å². The number of hydrogen-bond acceptors (Lipinski definition) is 6. The molecule has 10 heteroatoms. The molecule has 2 aliphatic rings. The Balaban J connectivity index is 1.05. The summed E-state index contributed by atoms with van der Waals surface area (Å²) in [6, 6.07) is 7.17. The number of piperidine rings is 1. The van der Waals surface area contributed by atoms with Gasteiger partial charge >= 0.3 is 6.18 Å². The Hall–Kier alpha value is -3.17. The highest BCUT2D eigenvalue weighted by atomic mass is 19.4. The number of halogens is 4. The first kappa shape index (κ1) is 23.6. The van der Waals surface area contributed by atoms with Gasteiger partial charge in [0.05, 0.1) is 17.7 Å². The predicted octanol–water partition coefficient (Wildman–Crippen LogP) is 5.92. The standard InChI is InChI=1S/C25H26F4N4O2/c1-15-31-32-24(35-15)20-4-3-19(13-22(20)26)34-11-8-17-12-21(17)16-6-9-33(10-7-16)23-5-2-18(14-30-23)25(27,28)29/h2-5,13-14,16-17,21H,6-12H2,1H3. The summed E-state index contributed by atoms with van der Waals surface area (Å²) < 4.78 is 63.7. The molecule has 0 amide bonds. The monoisotopic (exact) mass is 490 g/mol. The molecule has 2 aromatic heterocycles. The molecule has 2 fully saturated rings. The minimum absolute atomic E-state index is 0.146. The molecule has 0 spiro atoms. The zero-order valence-electron chi connectivity index (χ0n) is 19.3. The normalized spacial score (nSPS) is 20.8. The molecule has 2 atom stereocenters. The number of rotatable bonds is 7. The van der Waals surface area contributed by atoms with Crippen molar-refractivity contribution in [3.05, 3.63) is 53.8 Å². The quantitative estimate of drug-likeness (QED) is 0.383. The van der Waals surface area contributed by atoms with E-state index in [1.807, 2.05) is 0 Å². The molecule has 0 bridgehead atoms. The lowest BCUT2D eigenvalue weighted by Crippen LogP contribution is -2.35. The minimum atomic E-state index is -4.37. The van der Waals surface area contributed by atoms with Crippen molar-refractivity contribution in [2.24, 2.45) is 17.8 Å². The van der Waals surface area contributed by atoms with Gasteiger partial charge in [-0.25, -0.2) is 9.37 Å². The van der Waals surface area contributed by atoms with Gasteiger partial charge in [0.1, 0.15) is 17.4 Å². The van der Waals surface area contributed by atoms with Gasteiger partial charge in [0.2, 0.25) is 5.89 Å². The Bertz CT molecular complexity index is 1160. The van der Waals surface area contributed by atoms with Gasteiger partial charge in [-0.2, -0.15) is 13.2 Å². The second kappa shape index (κ2) is 9.47. The number of anilines is 1. The first-order valence-electron chi connectivity index (χ1n) is 11.8. The van der Waals surface area contributed by atoms with Crippen molar-refractivity contribution < 1.29 is 26.7 Å². The van der Waals surface area contributed by atoms with E-state index in [1.54, 1.807) is 19.1 Å². The lowest BCUT2D eigenvalue weighted by Gasteiger charge is -2.33. The van der Waals surface area contributed by atoms with Crippen LogP contribution in [0.2, 0.25) is 0 Å². The number of benzene rings is 1. The maximum Gasteiger partial charge on any atom is 0.417 e. The Morgan fingerprint density at radius 2 is 1.91 bits per heavy atom. The predicted molar refractivity (Wildman–Crippen MR) is 120 cm³/mol. The third-order valence-corrected chi connectivity index (χ3v) is 6.98. The fourth-order valence-electron chi connectivity index (χ4n) is 4.97. The molecule has 1 saturated carbocycles. The van der Waals surface area contributed by atoms with E-state index in [0.717, 1.165) is 51.0 Å². The van der Waals surface area contributed by atoms with Crippen LogP contribution in [0.1, 0.15) is 37.1 Å². The van der Waals surface area contributed by atoms with Crippen molar-refractivity contribution in [3.8, 4) is 17.2 Å². The molecule has 1 aromatic carbocycles. The highest BCUT2D eigenvalue weighted by Crippen LogP contribution is 2.50. The van der Waals surface area contributed by atoms with Gasteiger partial charge in [0, 0.05) is 32.3 Å². The van der Waals surface area contributed by atoms with E-state index in [0.29, 0.717) is 41.8 Å². The average Bonchev–Trinajstić information content (AvgIpc) is 3.48. The van der Waals surface area contributed by atoms with Crippen molar-refractivity contribution in [3.63, 3.8) is 0 Å². The molecule has 3 aromatic rings. The lowest BCUT2D eigenvalue weighted by atomic mass is 9.90. The fourth-order valence-corrected chi connectivity index (χ4v) is 4.97. The van der Waals surface area contributed by atoms with E-state index in [2.05, 4.69) is 20.1 Å². The summed E-state index contributed by atoms with van der Waals surface area (Å²) in [7, 11) is 0. The van der Waals surface area contributed by atoms with Crippen LogP contribution in [0.25, 0.3) is 11.5 Å². The van der Waals surface area contributed by atoms with Crippen LogP contribution in [-0.4, -0.2) is 34.9 Å². The first-order valence-corrected chi connectivity index (χ1v) is 11.8. The average molecular weight is 491 g/mol. The summed E-state index contributed by atoms with van der Waals surface area (Å²) in [6.45, 7) is 3.77. The number of pyridine rings is 1. The summed E-state index contributed by atoms with van der Waals surface area (Å²) in [6.07, 6.45) is 0.631. The molecule has 2 unspecified atom stereocenters. The highest BCUT2D eigenvalue weighted by molar-refractivity contribution is 5.55. The fraction of sp³-hybridized carbons (Fsp3) is 0.480. The van der Waals surface area contributed by atoms with Gasteiger partial charge in [-0.15, -0.1) is 10.2 Å². The second-order valence-corrected chi connectivity index (χ2v) is 9.29. The number of alkyl halides is 3. The molecular weight excluding hydrogens is 464 g/mol. The lowest BCUT2D eigenvalue weighted by molar-refractivity contribution is -0.137. The molecule has 0 N–H and O–H groups in total. The summed E-state index contributed by atoms with van der Waals surface area (Å²) in [5.41, 5.74) is -0.474. The van der Waals surface area contributed by atoms with Gasteiger partial charge in [-0.1, -0.05) is 0 Å². The number of nitrogens with zero attached hydrogens (tertiary/aromatic N) is 4. The van der Waals surface area contributed by atoms with Crippen LogP contribution in [-0.2, 0) is 6.18 Å². The Labute approximate surface area is 200 Å². The van der Waals surface area contributed by atoms with E-state index in [1.165, 1.54) is 12.1 Å². The van der Waals surface area contributed by atoms with Gasteiger partial charge in [-0.05, 0) is 67.7 Å². The van der Waals surface area contributed by atoms with Gasteiger partial charge in [-0.3, -0.25) is 0 Å². The Morgan fingerprint density at radius 1 is 1.11 bits per heavy atom. The van der Waals surface area contributed by atoms with Crippen LogP contribution < -0.4 is 9.64 Å². The van der Waals surface area contributed by atoms with Crippen LogP contribution in [0, 0.1) is 30.5 Å². The van der Waals surface area contributed by atoms with Crippen LogP contribution in [0.5, 0.6) is 5.75 Å². The molecule has 1 aliphatic carbocycles. The van der Waals surface area contributed by atoms with Gasteiger partial charge in [0.25, 0.3) is 5.89 Å². The maximum absolute atomic E-state index is 14.4. The second-order valence-electron chi connectivity index (χ2n) is 9.29. The SMILES string of the molecule is Cc1nnc(-c2ccc(OCCC3CC3C3CCN(c4ccc(C(F)(F)F)cn4)CC3)cc2F)o1. The topological polar surface area (TPSA) is 64.3 Å².